The van der Waals surface area contributed by atoms with E-state index in [1.165, 1.54) is 67.6 Å². The zero-order chi connectivity index (χ0) is 53.6. The Balaban J connectivity index is 1.33. The quantitative estimate of drug-likeness (QED) is 0.121. The van der Waals surface area contributed by atoms with E-state index in [-0.39, 0.29) is 80.9 Å². The SMILES string of the molecule is CCS(=O)(=O)c1ccc(C(O)c2cc(C3=CC(c4cc(C(F)(F)c5ccc(S(C)(=O)=O)cc5Cl)c5cc(F)ccc5c4)c4ccc(F)cc4C3C(F)(F)c3ccc(S(C)(=O)=O)cc3)cc3ccc(F)cc23)c(C)c1. The highest BCUT2D eigenvalue weighted by molar-refractivity contribution is 7.91. The highest BCUT2D eigenvalue weighted by Crippen LogP contribution is 2.57. The molecule has 0 radical (unpaired) electrons. The molecule has 8 aromatic carbocycles. The summed E-state index contributed by atoms with van der Waals surface area (Å²) in [4.78, 5) is -0.641. The molecule has 382 valence electrons. The van der Waals surface area contributed by atoms with Gasteiger partial charge in [0.05, 0.1) is 31.4 Å². The molecule has 0 spiro atoms. The molecule has 3 unspecified atom stereocenters. The van der Waals surface area contributed by atoms with Gasteiger partial charge in [0.1, 0.15) is 23.6 Å². The lowest BCUT2D eigenvalue weighted by Crippen LogP contribution is -2.29. The van der Waals surface area contributed by atoms with Crippen molar-refractivity contribution in [2.75, 3.05) is 18.3 Å². The first-order chi connectivity index (χ1) is 34.6. The molecule has 0 fully saturated rings. The molecule has 0 aliphatic heterocycles. The Morgan fingerprint density at radius 3 is 1.78 bits per heavy atom. The Hall–Kier alpha value is -6.37. The second-order valence-corrected chi connectivity index (χ2v) is 25.1. The Morgan fingerprint density at radius 2 is 1.18 bits per heavy atom. The standard InChI is InChI=1S/C56H42ClF7O7S3/c1-5-74(70,71)41-15-18-42(30(2)20-41)54(65)49-23-33(21-31-6-10-36(58)25-44(31)49)47-29-45(43-17-12-38(60)27-48(43)53(47)55(61,62)35-8-13-39(14-9-35)72(3,66)67)34-22-32-7-11-37(59)26-46(32)51(24-34)56(63,64)50-19-16-40(28-52(50)57)73(4,68)69/h6-29,45,53-54,65H,5H2,1-4H3. The van der Waals surface area contributed by atoms with E-state index in [9.17, 15) is 30.4 Å². The molecule has 8 aromatic rings. The number of hydrogen-bond acceptors (Lipinski definition) is 7. The fourth-order valence-electron chi connectivity index (χ4n) is 9.79. The second kappa shape index (κ2) is 18.8. The number of allylic oxidation sites excluding steroid dienone is 2. The van der Waals surface area contributed by atoms with Crippen LogP contribution in [-0.4, -0.2) is 48.6 Å². The van der Waals surface area contributed by atoms with E-state index in [1.807, 2.05) is 0 Å². The van der Waals surface area contributed by atoms with Gasteiger partial charge in [-0.05, 0) is 170 Å². The molecule has 0 bridgehead atoms. The van der Waals surface area contributed by atoms with Crippen LogP contribution >= 0.6 is 11.6 Å². The molecular weight excluding hydrogens is 1050 g/mol. The average molecular weight is 1090 g/mol. The number of aryl methyl sites for hydroxylation is 1. The van der Waals surface area contributed by atoms with Crippen LogP contribution in [0.2, 0.25) is 5.02 Å². The summed E-state index contributed by atoms with van der Waals surface area (Å²) in [6, 6.07) is 25.7. The number of fused-ring (bicyclic) bond motifs is 3. The van der Waals surface area contributed by atoms with Gasteiger partial charge in [0.25, 0.3) is 5.92 Å². The summed E-state index contributed by atoms with van der Waals surface area (Å²) in [5.74, 6) is -14.3. The van der Waals surface area contributed by atoms with Crippen molar-refractivity contribution in [2.45, 2.75) is 58.3 Å². The molecule has 0 heterocycles. The highest BCUT2D eigenvalue weighted by Gasteiger charge is 2.49. The maximum atomic E-state index is 18.0. The number of sulfone groups is 3. The first kappa shape index (κ1) is 52.5. The third-order valence-corrected chi connectivity index (χ3v) is 17.9. The van der Waals surface area contributed by atoms with Crippen molar-refractivity contribution in [1.29, 1.82) is 0 Å². The summed E-state index contributed by atoms with van der Waals surface area (Å²) < 4.78 is 192. The number of benzene rings is 8. The molecule has 1 aliphatic carbocycles. The molecule has 0 saturated heterocycles. The van der Waals surface area contributed by atoms with E-state index >= 15 is 30.7 Å². The number of hydrogen-bond donors (Lipinski definition) is 1. The van der Waals surface area contributed by atoms with Gasteiger partial charge in [-0.2, -0.15) is 8.78 Å². The first-order valence-electron chi connectivity index (χ1n) is 22.7. The monoisotopic (exact) mass is 1090 g/mol. The largest absolute Gasteiger partial charge is 0.384 e. The Bertz CT molecular complexity index is 4020. The summed E-state index contributed by atoms with van der Waals surface area (Å²) in [6.45, 7) is 3.02. The van der Waals surface area contributed by atoms with Gasteiger partial charge in [-0.3, -0.25) is 0 Å². The molecule has 7 nitrogen and oxygen atoms in total. The number of halogens is 8. The smallest absolute Gasteiger partial charge is 0.300 e. The zero-order valence-electron chi connectivity index (χ0n) is 39.4. The summed E-state index contributed by atoms with van der Waals surface area (Å²) in [6.07, 6.45) is 1.50. The molecule has 1 aliphatic rings. The number of aliphatic hydroxyl groups excluding tert-OH is 1. The Labute approximate surface area is 427 Å². The van der Waals surface area contributed by atoms with Gasteiger partial charge in [-0.1, -0.05) is 67.1 Å². The third-order valence-electron chi connectivity index (χ3n) is 13.6. The highest BCUT2D eigenvalue weighted by atomic mass is 35.5. The predicted octanol–water partition coefficient (Wildman–Crippen LogP) is 13.3. The zero-order valence-corrected chi connectivity index (χ0v) is 42.6. The van der Waals surface area contributed by atoms with E-state index < -0.39 is 98.5 Å². The molecule has 74 heavy (non-hydrogen) atoms. The van der Waals surface area contributed by atoms with Gasteiger partial charge in [0, 0.05) is 35.1 Å². The fourth-order valence-corrected chi connectivity index (χ4v) is 12.4. The fraction of sp³-hybridized carbons (Fsp3) is 0.179. The molecule has 9 rings (SSSR count). The summed E-state index contributed by atoms with van der Waals surface area (Å²) >= 11 is 6.39. The van der Waals surface area contributed by atoms with Crippen LogP contribution in [0.4, 0.5) is 30.7 Å². The minimum absolute atomic E-state index is 0.0123. The molecule has 0 amide bonds. The van der Waals surface area contributed by atoms with Crippen molar-refractivity contribution in [3.63, 3.8) is 0 Å². The number of aliphatic hydroxyl groups is 1. The van der Waals surface area contributed by atoms with Crippen molar-refractivity contribution in [3.8, 4) is 0 Å². The van der Waals surface area contributed by atoms with E-state index in [1.54, 1.807) is 6.92 Å². The van der Waals surface area contributed by atoms with E-state index in [0.29, 0.717) is 5.56 Å². The lowest BCUT2D eigenvalue weighted by Gasteiger charge is -2.37. The van der Waals surface area contributed by atoms with Crippen molar-refractivity contribution in [3.05, 3.63) is 224 Å². The van der Waals surface area contributed by atoms with Crippen molar-refractivity contribution in [2.24, 2.45) is 0 Å². The Kier molecular flexibility index (Phi) is 13.3. The normalized spacial score (nSPS) is 16.0. The average Bonchev–Trinajstić information content (AvgIpc) is 3.34. The second-order valence-electron chi connectivity index (χ2n) is 18.4. The lowest BCUT2D eigenvalue weighted by molar-refractivity contribution is -0.0174. The summed E-state index contributed by atoms with van der Waals surface area (Å²) in [5, 5.41) is 11.8. The molecule has 0 saturated carbocycles. The number of rotatable bonds is 12. The molecule has 3 atom stereocenters. The molecule has 1 N–H and O–H groups in total. The minimum atomic E-state index is -4.08. The third kappa shape index (κ3) is 9.53. The van der Waals surface area contributed by atoms with Crippen molar-refractivity contribution >= 4 is 68.2 Å². The number of alkyl halides is 4. The summed E-state index contributed by atoms with van der Waals surface area (Å²) in [5.41, 5.74) is -2.37. The van der Waals surface area contributed by atoms with E-state index in [4.69, 9.17) is 11.6 Å². The van der Waals surface area contributed by atoms with Crippen LogP contribution in [-0.2, 0) is 41.4 Å². The van der Waals surface area contributed by atoms with Crippen LogP contribution in [0, 0.1) is 24.4 Å². The minimum Gasteiger partial charge on any atom is -0.384 e. The Morgan fingerprint density at radius 1 is 0.595 bits per heavy atom. The van der Waals surface area contributed by atoms with Gasteiger partial charge >= 0.3 is 5.92 Å². The van der Waals surface area contributed by atoms with Gasteiger partial charge < -0.3 is 5.11 Å². The van der Waals surface area contributed by atoms with Gasteiger partial charge in [-0.15, -0.1) is 0 Å². The topological polar surface area (TPSA) is 123 Å². The van der Waals surface area contributed by atoms with Crippen molar-refractivity contribution in [1.82, 2.24) is 0 Å². The molecule has 18 heteroatoms. The van der Waals surface area contributed by atoms with Crippen molar-refractivity contribution < 1.29 is 61.1 Å². The van der Waals surface area contributed by atoms with Crippen LogP contribution in [0.1, 0.15) is 80.5 Å². The van der Waals surface area contributed by atoms with Gasteiger partial charge in [0.2, 0.25) is 0 Å². The van der Waals surface area contributed by atoms with Crippen LogP contribution in [0.25, 0.3) is 27.1 Å². The van der Waals surface area contributed by atoms with E-state index in [0.717, 1.165) is 97.4 Å². The summed E-state index contributed by atoms with van der Waals surface area (Å²) in [7, 11) is -11.5. The van der Waals surface area contributed by atoms with Gasteiger partial charge in [0.15, 0.2) is 29.5 Å². The molecular formula is C56H42ClF7O7S3. The van der Waals surface area contributed by atoms with Gasteiger partial charge in [-0.25, -0.2) is 47.2 Å². The lowest BCUT2D eigenvalue weighted by atomic mass is 9.69. The van der Waals surface area contributed by atoms with Crippen LogP contribution in [0.5, 0.6) is 0 Å². The molecule has 0 aromatic heterocycles. The predicted molar refractivity (Wildman–Crippen MR) is 271 cm³/mol. The first-order valence-corrected chi connectivity index (χ1v) is 28.5. The van der Waals surface area contributed by atoms with Crippen LogP contribution in [0.3, 0.4) is 0 Å². The van der Waals surface area contributed by atoms with Crippen LogP contribution in [0.15, 0.2) is 160 Å². The van der Waals surface area contributed by atoms with E-state index in [2.05, 4.69) is 0 Å². The van der Waals surface area contributed by atoms with Crippen LogP contribution < -0.4 is 0 Å². The maximum absolute atomic E-state index is 18.0. The maximum Gasteiger partial charge on any atom is 0.300 e.